The van der Waals surface area contributed by atoms with Gasteiger partial charge < -0.3 is 15.8 Å². The van der Waals surface area contributed by atoms with Crippen molar-refractivity contribution in [3.8, 4) is 0 Å². The second kappa shape index (κ2) is 7.04. The van der Waals surface area contributed by atoms with Crippen LogP contribution in [-0.2, 0) is 9.53 Å². The quantitative estimate of drug-likeness (QED) is 0.780. The number of amides is 1. The second-order valence-electron chi connectivity index (χ2n) is 3.94. The van der Waals surface area contributed by atoms with Crippen LogP contribution in [0.5, 0.6) is 0 Å². The molecule has 2 atom stereocenters. The van der Waals surface area contributed by atoms with Crippen molar-refractivity contribution < 1.29 is 9.53 Å². The summed E-state index contributed by atoms with van der Waals surface area (Å²) in [4.78, 5) is 11.7. The fourth-order valence-electron chi connectivity index (χ4n) is 1.54. The number of hydrogen-bond acceptors (Lipinski definition) is 3. The van der Waals surface area contributed by atoms with Crippen LogP contribution < -0.4 is 11.1 Å². The molecule has 0 fully saturated rings. The van der Waals surface area contributed by atoms with Crippen molar-refractivity contribution >= 4 is 5.91 Å². The largest absolute Gasteiger partial charge is 0.382 e. The lowest BCUT2D eigenvalue weighted by Gasteiger charge is -2.20. The molecule has 0 aliphatic carbocycles. The molecule has 0 heterocycles. The first kappa shape index (κ1) is 13.7. The molecule has 4 nitrogen and oxygen atoms in total. The van der Waals surface area contributed by atoms with Crippen LogP contribution in [-0.4, -0.2) is 25.7 Å². The van der Waals surface area contributed by atoms with Gasteiger partial charge in [-0.25, -0.2) is 0 Å². The summed E-state index contributed by atoms with van der Waals surface area (Å²) in [6.45, 7) is 2.32. The average Bonchev–Trinajstić information content (AvgIpc) is 2.38. The van der Waals surface area contributed by atoms with E-state index in [9.17, 15) is 4.79 Å². The van der Waals surface area contributed by atoms with Crippen molar-refractivity contribution in [2.45, 2.75) is 25.4 Å². The number of rotatable bonds is 6. The monoisotopic (exact) mass is 236 g/mol. The summed E-state index contributed by atoms with van der Waals surface area (Å²) in [5.41, 5.74) is 6.71. The van der Waals surface area contributed by atoms with Crippen LogP contribution in [0.25, 0.3) is 0 Å². The molecule has 1 rings (SSSR count). The first-order chi connectivity index (χ1) is 8.19. The lowest BCUT2D eigenvalue weighted by Crippen LogP contribution is -2.42. The first-order valence-corrected chi connectivity index (χ1v) is 5.78. The van der Waals surface area contributed by atoms with Crippen LogP contribution >= 0.6 is 0 Å². The van der Waals surface area contributed by atoms with Crippen molar-refractivity contribution in [2.24, 2.45) is 5.73 Å². The third kappa shape index (κ3) is 4.17. The molecule has 0 aliphatic rings. The molecule has 1 aromatic rings. The zero-order chi connectivity index (χ0) is 12.7. The van der Waals surface area contributed by atoms with E-state index in [1.54, 1.807) is 7.11 Å². The van der Waals surface area contributed by atoms with E-state index in [0.717, 1.165) is 5.56 Å². The van der Waals surface area contributed by atoms with Crippen molar-refractivity contribution in [1.82, 2.24) is 5.32 Å². The van der Waals surface area contributed by atoms with Crippen molar-refractivity contribution in [2.75, 3.05) is 13.7 Å². The van der Waals surface area contributed by atoms with E-state index in [2.05, 4.69) is 5.32 Å². The molecule has 3 N–H and O–H groups in total. The topological polar surface area (TPSA) is 64.4 Å². The number of carbonyl (C=O) groups excluding carboxylic acids is 1. The van der Waals surface area contributed by atoms with Gasteiger partial charge in [-0.2, -0.15) is 0 Å². The smallest absolute Gasteiger partial charge is 0.237 e. The molecule has 17 heavy (non-hydrogen) atoms. The molecule has 0 bridgehead atoms. The Morgan fingerprint density at radius 3 is 2.59 bits per heavy atom. The highest BCUT2D eigenvalue weighted by Gasteiger charge is 2.17. The van der Waals surface area contributed by atoms with Gasteiger partial charge in [0, 0.05) is 7.11 Å². The maximum Gasteiger partial charge on any atom is 0.237 e. The third-order valence-corrected chi connectivity index (χ3v) is 2.63. The Kier molecular flexibility index (Phi) is 5.66. The molecule has 0 aromatic heterocycles. The lowest BCUT2D eigenvalue weighted by molar-refractivity contribution is -0.123. The van der Waals surface area contributed by atoms with E-state index < -0.39 is 6.04 Å². The molecule has 0 spiro atoms. The minimum Gasteiger partial charge on any atom is -0.382 e. The molecule has 1 aromatic carbocycles. The number of nitrogens with one attached hydrogen (secondary N) is 1. The Labute approximate surface area is 102 Å². The molecule has 1 unspecified atom stereocenters. The van der Waals surface area contributed by atoms with Gasteiger partial charge in [0.25, 0.3) is 0 Å². The van der Waals surface area contributed by atoms with Gasteiger partial charge in [0.1, 0.15) is 0 Å². The van der Waals surface area contributed by atoms with Gasteiger partial charge in [0.15, 0.2) is 0 Å². The highest BCUT2D eigenvalue weighted by molar-refractivity contribution is 5.81. The number of hydrogen-bond donors (Lipinski definition) is 2. The average molecular weight is 236 g/mol. The van der Waals surface area contributed by atoms with E-state index in [-0.39, 0.29) is 11.9 Å². The van der Waals surface area contributed by atoms with Crippen LogP contribution in [0.3, 0.4) is 0 Å². The molecule has 4 heteroatoms. The Morgan fingerprint density at radius 1 is 1.41 bits per heavy atom. The Hall–Kier alpha value is -1.39. The predicted molar refractivity (Wildman–Crippen MR) is 67.5 cm³/mol. The Morgan fingerprint density at radius 2 is 2.06 bits per heavy atom. The molecule has 0 radical (unpaired) electrons. The fourth-order valence-corrected chi connectivity index (χ4v) is 1.54. The summed E-state index contributed by atoms with van der Waals surface area (Å²) < 4.78 is 5.12. The third-order valence-electron chi connectivity index (χ3n) is 2.63. The van der Waals surface area contributed by atoms with Gasteiger partial charge in [0.05, 0.1) is 18.7 Å². The van der Waals surface area contributed by atoms with Crippen LogP contribution in [0.4, 0.5) is 0 Å². The van der Waals surface area contributed by atoms with Crippen molar-refractivity contribution in [3.05, 3.63) is 35.9 Å². The lowest BCUT2D eigenvalue weighted by atomic mass is 10.1. The van der Waals surface area contributed by atoms with E-state index in [0.29, 0.717) is 13.0 Å². The van der Waals surface area contributed by atoms with Crippen LogP contribution in [0.15, 0.2) is 30.3 Å². The van der Waals surface area contributed by atoms with E-state index in [4.69, 9.17) is 10.5 Å². The van der Waals surface area contributed by atoms with Gasteiger partial charge >= 0.3 is 0 Å². The van der Waals surface area contributed by atoms with Crippen molar-refractivity contribution in [3.63, 3.8) is 0 Å². The van der Waals surface area contributed by atoms with Gasteiger partial charge in [-0.15, -0.1) is 0 Å². The first-order valence-electron chi connectivity index (χ1n) is 5.78. The molecular formula is C13H20N2O2. The van der Waals surface area contributed by atoms with E-state index in [1.807, 2.05) is 37.3 Å². The van der Waals surface area contributed by atoms with Crippen molar-refractivity contribution in [1.29, 1.82) is 0 Å². The number of ether oxygens (including phenoxy) is 1. The normalized spacial score (nSPS) is 14.1. The summed E-state index contributed by atoms with van der Waals surface area (Å²) in [7, 11) is 1.61. The minimum absolute atomic E-state index is 0.140. The molecule has 94 valence electrons. The molecule has 0 saturated heterocycles. The summed E-state index contributed by atoms with van der Waals surface area (Å²) in [5.74, 6) is -0.140. The van der Waals surface area contributed by atoms with Gasteiger partial charge in [0.2, 0.25) is 5.91 Å². The summed E-state index contributed by atoms with van der Waals surface area (Å²) >= 11 is 0. The van der Waals surface area contributed by atoms with E-state index in [1.165, 1.54) is 0 Å². The van der Waals surface area contributed by atoms with Gasteiger partial charge in [-0.3, -0.25) is 4.79 Å². The predicted octanol–water partition coefficient (Wildman–Crippen LogP) is 1.23. The second-order valence-corrected chi connectivity index (χ2v) is 3.94. The van der Waals surface area contributed by atoms with Crippen LogP contribution in [0, 0.1) is 0 Å². The summed E-state index contributed by atoms with van der Waals surface area (Å²) in [6, 6.07) is 9.12. The summed E-state index contributed by atoms with van der Waals surface area (Å²) in [5, 5.41) is 2.90. The Balaban J connectivity index is 2.70. The number of benzene rings is 1. The SMILES string of the molecule is CCC(N)C(=O)N[C@@H](COC)c1ccccc1. The maximum absolute atomic E-state index is 11.7. The number of carbonyl (C=O) groups is 1. The standard InChI is InChI=1S/C13H20N2O2/c1-3-11(14)13(16)15-12(9-17-2)10-7-5-4-6-8-10/h4-8,11-12H,3,9,14H2,1-2H3,(H,15,16)/t11?,12-/m0/s1. The number of methoxy groups -OCH3 is 1. The van der Waals surface area contributed by atoms with Crippen LogP contribution in [0.2, 0.25) is 0 Å². The zero-order valence-corrected chi connectivity index (χ0v) is 10.3. The van der Waals surface area contributed by atoms with Gasteiger partial charge in [-0.05, 0) is 12.0 Å². The number of nitrogens with two attached hydrogens (primary N) is 1. The van der Waals surface area contributed by atoms with E-state index >= 15 is 0 Å². The molecule has 0 aliphatic heterocycles. The Bertz CT molecular complexity index is 341. The maximum atomic E-state index is 11.7. The molecule has 1 amide bonds. The summed E-state index contributed by atoms with van der Waals surface area (Å²) in [6.07, 6.45) is 0.625. The highest BCUT2D eigenvalue weighted by atomic mass is 16.5. The highest BCUT2D eigenvalue weighted by Crippen LogP contribution is 2.12. The van der Waals surface area contributed by atoms with Gasteiger partial charge in [-0.1, -0.05) is 37.3 Å². The minimum atomic E-state index is -0.460. The molecular weight excluding hydrogens is 216 g/mol. The fraction of sp³-hybridized carbons (Fsp3) is 0.462. The molecule has 0 saturated carbocycles. The zero-order valence-electron chi connectivity index (χ0n) is 10.3. The van der Waals surface area contributed by atoms with Crippen LogP contribution in [0.1, 0.15) is 24.9 Å².